The van der Waals surface area contributed by atoms with E-state index in [9.17, 15) is 9.59 Å². The summed E-state index contributed by atoms with van der Waals surface area (Å²) in [6, 6.07) is 7.24. The number of aryl methyl sites for hydroxylation is 1. The number of benzene rings is 1. The van der Waals surface area contributed by atoms with E-state index in [1.807, 2.05) is 31.2 Å². The van der Waals surface area contributed by atoms with Crippen LogP contribution in [-0.2, 0) is 4.79 Å². The Balaban J connectivity index is 1.43. The van der Waals surface area contributed by atoms with Gasteiger partial charge >= 0.3 is 6.03 Å². The van der Waals surface area contributed by atoms with Gasteiger partial charge in [-0.2, -0.15) is 4.68 Å². The quantitative estimate of drug-likeness (QED) is 0.547. The lowest BCUT2D eigenvalue weighted by Crippen LogP contribution is -2.40. The number of thioether (sulfide) groups is 1. The first-order valence-corrected chi connectivity index (χ1v) is 10.3. The van der Waals surface area contributed by atoms with Gasteiger partial charge in [-0.25, -0.2) is 4.79 Å². The van der Waals surface area contributed by atoms with Gasteiger partial charge in [-0.1, -0.05) is 41.6 Å². The Bertz CT molecular complexity index is 864. The molecule has 1 aromatic heterocycles. The maximum Gasteiger partial charge on any atom is 0.321 e. The van der Waals surface area contributed by atoms with Crippen molar-refractivity contribution in [1.82, 2.24) is 30.8 Å². The summed E-state index contributed by atoms with van der Waals surface area (Å²) in [6.45, 7) is 2.50. The summed E-state index contributed by atoms with van der Waals surface area (Å²) in [7, 11) is 0. The van der Waals surface area contributed by atoms with E-state index >= 15 is 0 Å². The molecule has 0 saturated carbocycles. The van der Waals surface area contributed by atoms with Crippen molar-refractivity contribution in [2.75, 3.05) is 12.3 Å². The molecule has 148 valence electrons. The largest absolute Gasteiger partial charge is 0.337 e. The molecule has 0 unspecified atom stereocenters. The molecule has 3 rings (SSSR count). The van der Waals surface area contributed by atoms with Gasteiger partial charge in [0, 0.05) is 6.54 Å². The highest BCUT2D eigenvalue weighted by atomic mass is 32.2. The highest BCUT2D eigenvalue weighted by Gasteiger charge is 2.14. The molecule has 1 heterocycles. The summed E-state index contributed by atoms with van der Waals surface area (Å²) < 4.78 is 1.59. The number of imide groups is 1. The predicted molar refractivity (Wildman–Crippen MR) is 107 cm³/mol. The zero-order valence-electron chi connectivity index (χ0n) is 15.9. The van der Waals surface area contributed by atoms with Gasteiger partial charge in [-0.15, -0.1) is 5.10 Å². The third-order valence-electron chi connectivity index (χ3n) is 4.49. The van der Waals surface area contributed by atoms with Crippen LogP contribution in [0.25, 0.3) is 5.69 Å². The van der Waals surface area contributed by atoms with Crippen LogP contribution in [0.3, 0.4) is 0 Å². The van der Waals surface area contributed by atoms with Crippen molar-refractivity contribution in [3.63, 3.8) is 0 Å². The minimum atomic E-state index is -0.472. The number of nitrogens with zero attached hydrogens (tertiary/aromatic N) is 4. The number of nitrogens with one attached hydrogen (secondary N) is 2. The first-order chi connectivity index (χ1) is 13.6. The molecule has 9 heteroatoms. The van der Waals surface area contributed by atoms with Gasteiger partial charge in [0.25, 0.3) is 0 Å². The number of amides is 3. The highest BCUT2D eigenvalue weighted by Crippen LogP contribution is 2.20. The molecule has 28 heavy (non-hydrogen) atoms. The topological polar surface area (TPSA) is 102 Å². The minimum absolute atomic E-state index is 0.0465. The zero-order chi connectivity index (χ0) is 19.8. The maximum atomic E-state index is 12.0. The van der Waals surface area contributed by atoms with E-state index in [0.717, 1.165) is 30.5 Å². The number of aromatic nitrogens is 4. The van der Waals surface area contributed by atoms with Crippen molar-refractivity contribution in [2.45, 2.75) is 44.2 Å². The molecule has 2 N–H and O–H groups in total. The molecule has 0 aliphatic heterocycles. The fourth-order valence-corrected chi connectivity index (χ4v) is 3.71. The zero-order valence-corrected chi connectivity index (χ0v) is 16.7. The second-order valence-electron chi connectivity index (χ2n) is 6.61. The van der Waals surface area contributed by atoms with Crippen molar-refractivity contribution >= 4 is 23.7 Å². The third kappa shape index (κ3) is 5.66. The lowest BCUT2D eigenvalue weighted by molar-refractivity contribution is -0.117. The van der Waals surface area contributed by atoms with Crippen molar-refractivity contribution in [3.8, 4) is 5.69 Å². The van der Waals surface area contributed by atoms with Gasteiger partial charge in [0.15, 0.2) is 0 Å². The number of urea groups is 1. The number of rotatable bonds is 7. The van der Waals surface area contributed by atoms with E-state index in [1.54, 1.807) is 4.68 Å². The molecule has 0 radical (unpaired) electrons. The Kier molecular flexibility index (Phi) is 7.18. The molecule has 0 saturated heterocycles. The Hall–Kier alpha value is -2.68. The van der Waals surface area contributed by atoms with Gasteiger partial charge in [0.05, 0.1) is 11.4 Å². The van der Waals surface area contributed by atoms with Gasteiger partial charge < -0.3 is 5.32 Å². The number of carbonyl (C=O) groups excluding carboxylic acids is 2. The van der Waals surface area contributed by atoms with Crippen LogP contribution in [0.2, 0.25) is 0 Å². The normalized spacial score (nSPS) is 13.7. The average Bonchev–Trinajstić information content (AvgIpc) is 3.16. The Morgan fingerprint density at radius 1 is 1.25 bits per heavy atom. The van der Waals surface area contributed by atoms with E-state index in [1.165, 1.54) is 30.2 Å². The van der Waals surface area contributed by atoms with Crippen LogP contribution in [-0.4, -0.2) is 44.4 Å². The summed E-state index contributed by atoms with van der Waals surface area (Å²) in [6.07, 6.45) is 7.78. The number of tetrazole rings is 1. The molecule has 1 aromatic carbocycles. The minimum Gasteiger partial charge on any atom is -0.337 e. The maximum absolute atomic E-state index is 12.0. The number of allylic oxidation sites excluding steroid dienone is 1. The number of hydrogen-bond donors (Lipinski definition) is 2. The molecule has 8 nitrogen and oxygen atoms in total. The molecule has 1 aliphatic carbocycles. The molecule has 0 bridgehead atoms. The molecule has 0 spiro atoms. The molecule has 0 atom stereocenters. The van der Waals surface area contributed by atoms with Crippen molar-refractivity contribution in [3.05, 3.63) is 41.5 Å². The summed E-state index contributed by atoms with van der Waals surface area (Å²) in [5.74, 6) is -0.344. The Morgan fingerprint density at radius 3 is 2.89 bits per heavy atom. The summed E-state index contributed by atoms with van der Waals surface area (Å²) in [4.78, 5) is 23.9. The molecule has 3 amide bonds. The lowest BCUT2D eigenvalue weighted by Gasteiger charge is -2.13. The first-order valence-electron chi connectivity index (χ1n) is 9.36. The van der Waals surface area contributed by atoms with Crippen LogP contribution in [0, 0.1) is 6.92 Å². The summed E-state index contributed by atoms with van der Waals surface area (Å²) >= 11 is 1.18. The summed E-state index contributed by atoms with van der Waals surface area (Å²) in [5, 5.41) is 17.2. The van der Waals surface area contributed by atoms with E-state index in [0.29, 0.717) is 11.7 Å². The van der Waals surface area contributed by atoms with E-state index in [4.69, 9.17) is 0 Å². The van der Waals surface area contributed by atoms with Crippen molar-refractivity contribution in [1.29, 1.82) is 0 Å². The Morgan fingerprint density at radius 2 is 2.11 bits per heavy atom. The number of carbonyl (C=O) groups is 2. The van der Waals surface area contributed by atoms with Crippen LogP contribution in [0.15, 0.2) is 41.1 Å². The van der Waals surface area contributed by atoms with E-state index < -0.39 is 11.9 Å². The second kappa shape index (κ2) is 10.0. The Labute approximate surface area is 168 Å². The fourth-order valence-electron chi connectivity index (χ4n) is 3.03. The van der Waals surface area contributed by atoms with Crippen molar-refractivity contribution in [2.24, 2.45) is 0 Å². The van der Waals surface area contributed by atoms with Crippen LogP contribution >= 0.6 is 11.8 Å². The molecule has 2 aromatic rings. The van der Waals surface area contributed by atoms with Crippen LogP contribution in [0.4, 0.5) is 4.79 Å². The molecular weight excluding hydrogens is 376 g/mol. The summed E-state index contributed by atoms with van der Waals surface area (Å²) in [5.41, 5.74) is 3.26. The SMILES string of the molecule is Cc1ccccc1-n1nnnc1SCC(=O)NC(=O)NCCC1=CCCCC1. The van der Waals surface area contributed by atoms with Gasteiger partial charge in [-0.3, -0.25) is 10.1 Å². The molecule has 0 fully saturated rings. The van der Waals surface area contributed by atoms with E-state index in [2.05, 4.69) is 32.2 Å². The predicted octanol–water partition coefficient (Wildman–Crippen LogP) is 2.78. The van der Waals surface area contributed by atoms with Crippen LogP contribution < -0.4 is 10.6 Å². The molecule has 1 aliphatic rings. The van der Waals surface area contributed by atoms with Gasteiger partial charge in [0.1, 0.15) is 0 Å². The van der Waals surface area contributed by atoms with Gasteiger partial charge in [0.2, 0.25) is 11.1 Å². The number of hydrogen-bond acceptors (Lipinski definition) is 6. The number of para-hydroxylation sites is 1. The highest BCUT2D eigenvalue weighted by molar-refractivity contribution is 7.99. The smallest absolute Gasteiger partial charge is 0.321 e. The monoisotopic (exact) mass is 400 g/mol. The van der Waals surface area contributed by atoms with Gasteiger partial charge in [-0.05, 0) is 61.1 Å². The average molecular weight is 401 g/mol. The van der Waals surface area contributed by atoms with Crippen LogP contribution in [0.1, 0.15) is 37.7 Å². The first kappa shape index (κ1) is 20.1. The fraction of sp³-hybridized carbons (Fsp3) is 0.421. The van der Waals surface area contributed by atoms with Crippen molar-refractivity contribution < 1.29 is 9.59 Å². The lowest BCUT2D eigenvalue weighted by atomic mass is 9.97. The standard InChI is InChI=1S/C19H24N6O2S/c1-14-7-5-6-10-16(14)25-19(22-23-24-25)28-13-17(26)21-18(27)20-12-11-15-8-3-2-4-9-15/h5-8,10H,2-4,9,11-13H2,1H3,(H2,20,21,26,27). The van der Waals surface area contributed by atoms with Crippen LogP contribution in [0.5, 0.6) is 0 Å². The molecular formula is C19H24N6O2S. The van der Waals surface area contributed by atoms with E-state index in [-0.39, 0.29) is 5.75 Å². The second-order valence-corrected chi connectivity index (χ2v) is 7.55. The third-order valence-corrected chi connectivity index (χ3v) is 5.41.